The zero-order chi connectivity index (χ0) is 21.0. The minimum Gasteiger partial charge on any atom is -0.496 e. The number of guanidine groups is 1. The lowest BCUT2D eigenvalue weighted by Crippen LogP contribution is -2.47. The van der Waals surface area contributed by atoms with Gasteiger partial charge in [0.05, 0.1) is 26.4 Å². The minimum atomic E-state index is -0.738. The van der Waals surface area contributed by atoms with Crippen molar-refractivity contribution in [3.8, 4) is 5.75 Å². The van der Waals surface area contributed by atoms with Crippen LogP contribution < -0.4 is 15.4 Å². The monoisotopic (exact) mass is 521 g/mol. The second-order valence-electron chi connectivity index (χ2n) is 6.80. The average molecular weight is 521 g/mol. The van der Waals surface area contributed by atoms with Crippen molar-refractivity contribution in [2.75, 3.05) is 27.3 Å². The number of nitrogens with zero attached hydrogens (tertiary/aromatic N) is 1. The number of carbonyl (C=O) groups excluding carboxylic acids is 1. The Morgan fingerprint density at radius 3 is 2.31 bits per heavy atom. The van der Waals surface area contributed by atoms with Crippen LogP contribution in [0.15, 0.2) is 23.2 Å². The molecule has 0 amide bonds. The van der Waals surface area contributed by atoms with Crippen molar-refractivity contribution in [2.24, 2.45) is 4.99 Å². The maximum Gasteiger partial charge on any atom is 0.341 e. The molecule has 8 heteroatoms. The molecule has 0 aliphatic rings. The predicted molar refractivity (Wildman–Crippen MR) is 127 cm³/mol. The molecule has 0 aromatic heterocycles. The zero-order valence-corrected chi connectivity index (χ0v) is 20.5. The third-order valence-corrected chi connectivity index (χ3v) is 4.45. The average Bonchev–Trinajstić information content (AvgIpc) is 2.69. The molecule has 0 saturated heterocycles. The van der Waals surface area contributed by atoms with Crippen LogP contribution in [0.4, 0.5) is 0 Å². The molecule has 0 saturated carbocycles. The van der Waals surface area contributed by atoms with Crippen molar-refractivity contribution in [1.29, 1.82) is 0 Å². The van der Waals surface area contributed by atoms with E-state index >= 15 is 0 Å². The van der Waals surface area contributed by atoms with Gasteiger partial charge in [0.1, 0.15) is 11.3 Å². The molecule has 1 aromatic rings. The largest absolute Gasteiger partial charge is 0.496 e. The highest BCUT2D eigenvalue weighted by molar-refractivity contribution is 14.0. The molecule has 0 atom stereocenters. The normalized spacial score (nSPS) is 11.4. The number of methoxy groups -OCH3 is 2. The number of aliphatic hydroxyl groups is 1. The smallest absolute Gasteiger partial charge is 0.341 e. The summed E-state index contributed by atoms with van der Waals surface area (Å²) >= 11 is 0. The van der Waals surface area contributed by atoms with Crippen LogP contribution >= 0.6 is 24.0 Å². The number of halogens is 1. The summed E-state index contributed by atoms with van der Waals surface area (Å²) in [6.45, 7) is 7.66. The second kappa shape index (κ2) is 14.4. The van der Waals surface area contributed by atoms with Gasteiger partial charge in [-0.25, -0.2) is 9.79 Å². The standard InChI is InChI=1S/C21H35N3O4.HI/c1-6-11-21(26,12-7-2)15-24-20(22-8-3)23-14-16-9-10-18(27-4)17(13-16)19(25)28-5;/h9-10,13,26H,6-8,11-12,14-15H2,1-5H3,(H2,22,23,24);1H. The number of benzene rings is 1. The Bertz CT molecular complexity index is 647. The lowest BCUT2D eigenvalue weighted by Gasteiger charge is -2.28. The van der Waals surface area contributed by atoms with Crippen LogP contribution in [0.3, 0.4) is 0 Å². The summed E-state index contributed by atoms with van der Waals surface area (Å²) in [7, 11) is 2.86. The lowest BCUT2D eigenvalue weighted by molar-refractivity contribution is 0.0257. The number of esters is 1. The van der Waals surface area contributed by atoms with Crippen LogP contribution in [0.1, 0.15) is 62.4 Å². The third-order valence-electron chi connectivity index (χ3n) is 4.45. The zero-order valence-electron chi connectivity index (χ0n) is 18.2. The summed E-state index contributed by atoms with van der Waals surface area (Å²) in [6, 6.07) is 5.32. The van der Waals surface area contributed by atoms with E-state index in [2.05, 4.69) is 29.5 Å². The minimum absolute atomic E-state index is 0. The van der Waals surface area contributed by atoms with E-state index in [0.29, 0.717) is 36.9 Å². The topological polar surface area (TPSA) is 92.2 Å². The third kappa shape index (κ3) is 9.20. The van der Waals surface area contributed by atoms with E-state index in [0.717, 1.165) is 31.2 Å². The van der Waals surface area contributed by atoms with Gasteiger partial charge in [0.2, 0.25) is 0 Å². The molecule has 0 aliphatic carbocycles. The summed E-state index contributed by atoms with van der Waals surface area (Å²) < 4.78 is 10.0. The molecule has 166 valence electrons. The van der Waals surface area contributed by atoms with Crippen LogP contribution in [0.25, 0.3) is 0 Å². The summed E-state index contributed by atoms with van der Waals surface area (Å²) in [5.74, 6) is 0.647. The van der Waals surface area contributed by atoms with Gasteiger partial charge in [0.25, 0.3) is 0 Å². The molecule has 1 aromatic carbocycles. The van der Waals surface area contributed by atoms with Crippen molar-refractivity contribution >= 4 is 35.9 Å². The molecule has 0 spiro atoms. The first kappa shape index (κ1) is 27.5. The van der Waals surface area contributed by atoms with E-state index in [1.807, 2.05) is 13.0 Å². The molecule has 29 heavy (non-hydrogen) atoms. The van der Waals surface area contributed by atoms with Crippen molar-refractivity contribution < 1.29 is 19.4 Å². The van der Waals surface area contributed by atoms with Crippen molar-refractivity contribution in [3.05, 3.63) is 29.3 Å². The van der Waals surface area contributed by atoms with E-state index in [1.165, 1.54) is 14.2 Å². The molecule has 0 aliphatic heterocycles. The summed E-state index contributed by atoms with van der Waals surface area (Å²) in [5.41, 5.74) is 0.490. The molecule has 0 unspecified atom stereocenters. The molecule has 0 radical (unpaired) electrons. The molecule has 0 bridgehead atoms. The Kier molecular flexibility index (Phi) is 13.7. The fourth-order valence-electron chi connectivity index (χ4n) is 3.12. The van der Waals surface area contributed by atoms with Gasteiger partial charge in [0.15, 0.2) is 5.96 Å². The first-order chi connectivity index (χ1) is 13.4. The molecule has 1 rings (SSSR count). The van der Waals surface area contributed by atoms with Crippen molar-refractivity contribution in [2.45, 2.75) is 58.6 Å². The Morgan fingerprint density at radius 2 is 1.79 bits per heavy atom. The highest BCUT2D eigenvalue weighted by Gasteiger charge is 2.25. The van der Waals surface area contributed by atoms with Gasteiger partial charge < -0.3 is 25.2 Å². The molecule has 0 fully saturated rings. The highest BCUT2D eigenvalue weighted by Crippen LogP contribution is 2.21. The van der Waals surface area contributed by atoms with Crippen LogP contribution in [-0.4, -0.2) is 49.9 Å². The van der Waals surface area contributed by atoms with Gasteiger partial charge in [0, 0.05) is 13.1 Å². The van der Waals surface area contributed by atoms with Crippen LogP contribution in [0, 0.1) is 0 Å². The van der Waals surface area contributed by atoms with E-state index in [9.17, 15) is 9.90 Å². The molecule has 7 nitrogen and oxygen atoms in total. The van der Waals surface area contributed by atoms with Crippen LogP contribution in [-0.2, 0) is 11.3 Å². The molecule has 0 heterocycles. The van der Waals surface area contributed by atoms with Crippen molar-refractivity contribution in [3.63, 3.8) is 0 Å². The molecular weight excluding hydrogens is 485 g/mol. The fraction of sp³-hybridized carbons (Fsp3) is 0.619. The number of hydrogen-bond acceptors (Lipinski definition) is 5. The molecule has 3 N–H and O–H groups in total. The van der Waals surface area contributed by atoms with E-state index in [4.69, 9.17) is 9.47 Å². The number of nitrogens with one attached hydrogen (secondary N) is 2. The van der Waals surface area contributed by atoms with Crippen LogP contribution in [0.5, 0.6) is 5.75 Å². The van der Waals surface area contributed by atoms with E-state index in [-0.39, 0.29) is 24.0 Å². The van der Waals surface area contributed by atoms with Crippen LogP contribution in [0.2, 0.25) is 0 Å². The summed E-state index contributed by atoms with van der Waals surface area (Å²) in [4.78, 5) is 16.5. The number of aliphatic imine (C=N–C) groups is 1. The van der Waals surface area contributed by atoms with Gasteiger partial charge in [-0.05, 0) is 37.5 Å². The lowest BCUT2D eigenvalue weighted by atomic mass is 9.93. The number of hydrogen-bond donors (Lipinski definition) is 3. The Labute approximate surface area is 191 Å². The Balaban J connectivity index is 0.00000784. The predicted octanol–water partition coefficient (Wildman–Crippen LogP) is 3.49. The fourth-order valence-corrected chi connectivity index (χ4v) is 3.12. The first-order valence-corrected chi connectivity index (χ1v) is 9.92. The Morgan fingerprint density at radius 1 is 1.14 bits per heavy atom. The van der Waals surface area contributed by atoms with Gasteiger partial charge in [-0.15, -0.1) is 24.0 Å². The number of carbonyl (C=O) groups is 1. The van der Waals surface area contributed by atoms with E-state index in [1.54, 1.807) is 12.1 Å². The van der Waals surface area contributed by atoms with Crippen molar-refractivity contribution in [1.82, 2.24) is 10.6 Å². The summed E-state index contributed by atoms with van der Waals surface area (Å²) in [5, 5.41) is 17.2. The second-order valence-corrected chi connectivity index (χ2v) is 6.80. The maximum atomic E-state index is 11.9. The van der Waals surface area contributed by atoms with Gasteiger partial charge in [-0.1, -0.05) is 32.8 Å². The van der Waals surface area contributed by atoms with Gasteiger partial charge in [-0.3, -0.25) is 0 Å². The number of rotatable bonds is 11. The maximum absolute atomic E-state index is 11.9. The number of ether oxygens (including phenoxy) is 2. The highest BCUT2D eigenvalue weighted by atomic mass is 127. The van der Waals surface area contributed by atoms with E-state index < -0.39 is 11.6 Å². The Hall–Kier alpha value is -1.55. The van der Waals surface area contributed by atoms with Gasteiger partial charge >= 0.3 is 5.97 Å². The first-order valence-electron chi connectivity index (χ1n) is 9.92. The van der Waals surface area contributed by atoms with Gasteiger partial charge in [-0.2, -0.15) is 0 Å². The summed E-state index contributed by atoms with van der Waals surface area (Å²) in [6.07, 6.45) is 3.34. The quantitative estimate of drug-likeness (QED) is 0.179. The SMILES string of the molecule is CCCC(O)(CCC)CNC(=NCc1ccc(OC)c(C(=O)OC)c1)NCC.I. The molecular formula is C21H36IN3O4.